The Labute approximate surface area is 98.9 Å². The molecular formula is C12H23NO2S. The third kappa shape index (κ3) is 2.59. The molecule has 1 saturated heterocycles. The number of hydrogen-bond acceptors (Lipinski definition) is 3. The third-order valence-corrected chi connectivity index (χ3v) is 6.08. The summed E-state index contributed by atoms with van der Waals surface area (Å²) in [6.07, 6.45) is 3.21. The second kappa shape index (κ2) is 3.98. The van der Waals surface area contributed by atoms with Crippen LogP contribution in [0.2, 0.25) is 0 Å². The van der Waals surface area contributed by atoms with E-state index in [0.717, 1.165) is 18.3 Å². The van der Waals surface area contributed by atoms with Crippen LogP contribution in [0.1, 0.15) is 40.0 Å². The first-order chi connectivity index (χ1) is 7.30. The summed E-state index contributed by atoms with van der Waals surface area (Å²) in [5.41, 5.74) is -0.161. The van der Waals surface area contributed by atoms with E-state index in [1.54, 1.807) is 0 Å². The van der Waals surface area contributed by atoms with Gasteiger partial charge in [0.2, 0.25) is 0 Å². The predicted molar refractivity (Wildman–Crippen MR) is 66.2 cm³/mol. The minimum atomic E-state index is -2.78. The highest BCUT2D eigenvalue weighted by atomic mass is 32.2. The Morgan fingerprint density at radius 1 is 1.31 bits per heavy atom. The van der Waals surface area contributed by atoms with E-state index >= 15 is 0 Å². The molecule has 2 aliphatic rings. The van der Waals surface area contributed by atoms with Crippen LogP contribution in [-0.4, -0.2) is 31.5 Å². The van der Waals surface area contributed by atoms with Crippen molar-refractivity contribution in [2.24, 2.45) is 11.8 Å². The molecule has 1 aliphatic heterocycles. The Hall–Kier alpha value is -0.0900. The first kappa shape index (κ1) is 12.4. The van der Waals surface area contributed by atoms with Gasteiger partial charge in [0, 0.05) is 11.6 Å². The van der Waals surface area contributed by atoms with Crippen LogP contribution in [0.3, 0.4) is 0 Å². The van der Waals surface area contributed by atoms with Crippen molar-refractivity contribution in [1.82, 2.24) is 5.32 Å². The zero-order valence-electron chi connectivity index (χ0n) is 10.5. The standard InChI is InChI=1S/C12H23NO2S/c1-9(2)10-6-11(7-10)13-12(3)4-5-16(14,15)8-12/h9-11,13H,4-8H2,1-3H3. The largest absolute Gasteiger partial charge is 0.308 e. The van der Waals surface area contributed by atoms with Crippen molar-refractivity contribution in [1.29, 1.82) is 0 Å². The van der Waals surface area contributed by atoms with Gasteiger partial charge < -0.3 is 5.32 Å². The molecule has 1 heterocycles. The molecule has 94 valence electrons. The molecule has 1 atom stereocenters. The summed E-state index contributed by atoms with van der Waals surface area (Å²) in [5, 5.41) is 3.55. The zero-order chi connectivity index (χ0) is 12.0. The van der Waals surface area contributed by atoms with Gasteiger partial charge in [-0.25, -0.2) is 8.42 Å². The summed E-state index contributed by atoms with van der Waals surface area (Å²) in [6.45, 7) is 6.59. The first-order valence-corrected chi connectivity index (χ1v) is 8.10. The van der Waals surface area contributed by atoms with Gasteiger partial charge in [-0.15, -0.1) is 0 Å². The molecule has 0 spiro atoms. The van der Waals surface area contributed by atoms with Crippen LogP contribution < -0.4 is 5.32 Å². The molecule has 2 rings (SSSR count). The molecule has 2 fully saturated rings. The van der Waals surface area contributed by atoms with Crippen LogP contribution in [0.15, 0.2) is 0 Å². The Balaban J connectivity index is 1.84. The summed E-state index contributed by atoms with van der Waals surface area (Å²) in [4.78, 5) is 0. The average molecular weight is 245 g/mol. The molecule has 16 heavy (non-hydrogen) atoms. The van der Waals surface area contributed by atoms with Gasteiger partial charge in [-0.05, 0) is 38.0 Å². The lowest BCUT2D eigenvalue weighted by Crippen LogP contribution is -2.54. The minimum absolute atomic E-state index is 0.161. The lowest BCUT2D eigenvalue weighted by atomic mass is 9.73. The van der Waals surface area contributed by atoms with E-state index in [1.807, 2.05) is 0 Å². The summed E-state index contributed by atoms with van der Waals surface area (Å²) >= 11 is 0. The van der Waals surface area contributed by atoms with E-state index < -0.39 is 9.84 Å². The van der Waals surface area contributed by atoms with E-state index in [1.165, 1.54) is 12.8 Å². The molecule has 0 amide bonds. The fraction of sp³-hybridized carbons (Fsp3) is 1.00. The SMILES string of the molecule is CC(C)C1CC(NC2(C)CCS(=O)(=O)C2)C1. The molecule has 1 aliphatic carbocycles. The maximum atomic E-state index is 11.5. The van der Waals surface area contributed by atoms with Crippen molar-refractivity contribution in [3.8, 4) is 0 Å². The highest BCUT2D eigenvalue weighted by molar-refractivity contribution is 7.91. The number of sulfone groups is 1. The van der Waals surface area contributed by atoms with Crippen LogP contribution in [-0.2, 0) is 9.84 Å². The fourth-order valence-electron chi connectivity index (χ4n) is 2.94. The molecule has 1 saturated carbocycles. The van der Waals surface area contributed by atoms with Gasteiger partial charge in [0.1, 0.15) is 0 Å². The molecule has 0 bridgehead atoms. The van der Waals surface area contributed by atoms with E-state index in [9.17, 15) is 8.42 Å². The molecule has 1 unspecified atom stereocenters. The van der Waals surface area contributed by atoms with Crippen molar-refractivity contribution in [2.45, 2.75) is 51.6 Å². The quantitative estimate of drug-likeness (QED) is 0.821. The molecule has 1 N–H and O–H groups in total. The molecule has 0 aromatic carbocycles. The fourth-order valence-corrected chi connectivity index (χ4v) is 5.05. The maximum Gasteiger partial charge on any atom is 0.152 e. The zero-order valence-corrected chi connectivity index (χ0v) is 11.3. The minimum Gasteiger partial charge on any atom is -0.308 e. The lowest BCUT2D eigenvalue weighted by molar-refractivity contribution is 0.141. The van der Waals surface area contributed by atoms with Crippen molar-refractivity contribution in [3.05, 3.63) is 0 Å². The van der Waals surface area contributed by atoms with Crippen LogP contribution in [0.4, 0.5) is 0 Å². The highest BCUT2D eigenvalue weighted by Crippen LogP contribution is 2.36. The van der Waals surface area contributed by atoms with Gasteiger partial charge in [0.25, 0.3) is 0 Å². The summed E-state index contributed by atoms with van der Waals surface area (Å²) in [6, 6.07) is 0.547. The Morgan fingerprint density at radius 3 is 2.38 bits per heavy atom. The summed E-state index contributed by atoms with van der Waals surface area (Å²) in [7, 11) is -2.78. The van der Waals surface area contributed by atoms with Gasteiger partial charge in [-0.3, -0.25) is 0 Å². The predicted octanol–water partition coefficient (Wildman–Crippen LogP) is 1.59. The number of nitrogens with one attached hydrogen (secondary N) is 1. The molecule has 0 radical (unpaired) electrons. The Kier molecular flexibility index (Phi) is 3.08. The van der Waals surface area contributed by atoms with E-state index in [4.69, 9.17) is 0 Å². The lowest BCUT2D eigenvalue weighted by Gasteiger charge is -2.43. The second-order valence-corrected chi connectivity index (χ2v) is 8.40. The molecule has 0 aromatic rings. The maximum absolute atomic E-state index is 11.5. The Bertz CT molecular complexity index is 357. The van der Waals surface area contributed by atoms with Crippen molar-refractivity contribution >= 4 is 9.84 Å². The Morgan fingerprint density at radius 2 is 1.94 bits per heavy atom. The van der Waals surface area contributed by atoms with Crippen molar-refractivity contribution < 1.29 is 8.42 Å². The average Bonchev–Trinajstić information content (AvgIpc) is 2.33. The van der Waals surface area contributed by atoms with Gasteiger partial charge in [0.05, 0.1) is 11.5 Å². The molecule has 0 aromatic heterocycles. The van der Waals surface area contributed by atoms with Crippen LogP contribution in [0.5, 0.6) is 0 Å². The van der Waals surface area contributed by atoms with E-state index in [0.29, 0.717) is 17.5 Å². The van der Waals surface area contributed by atoms with Crippen LogP contribution >= 0.6 is 0 Å². The first-order valence-electron chi connectivity index (χ1n) is 6.28. The van der Waals surface area contributed by atoms with Crippen molar-refractivity contribution in [2.75, 3.05) is 11.5 Å². The van der Waals surface area contributed by atoms with Crippen molar-refractivity contribution in [3.63, 3.8) is 0 Å². The molecular weight excluding hydrogens is 222 g/mol. The van der Waals surface area contributed by atoms with Crippen LogP contribution in [0, 0.1) is 11.8 Å². The van der Waals surface area contributed by atoms with Gasteiger partial charge in [0.15, 0.2) is 9.84 Å². The third-order valence-electron chi connectivity index (χ3n) is 4.17. The summed E-state index contributed by atoms with van der Waals surface area (Å²) in [5.74, 6) is 2.27. The monoisotopic (exact) mass is 245 g/mol. The smallest absolute Gasteiger partial charge is 0.152 e. The molecule has 3 nitrogen and oxygen atoms in total. The van der Waals surface area contributed by atoms with Gasteiger partial charge in [-0.2, -0.15) is 0 Å². The number of rotatable bonds is 3. The van der Waals surface area contributed by atoms with E-state index in [2.05, 4.69) is 26.1 Å². The molecule has 4 heteroatoms. The van der Waals surface area contributed by atoms with Crippen LogP contribution in [0.25, 0.3) is 0 Å². The normalized spacial score (nSPS) is 42.2. The van der Waals surface area contributed by atoms with Gasteiger partial charge >= 0.3 is 0 Å². The number of hydrogen-bond donors (Lipinski definition) is 1. The highest BCUT2D eigenvalue weighted by Gasteiger charge is 2.42. The summed E-state index contributed by atoms with van der Waals surface area (Å²) < 4.78 is 22.9. The topological polar surface area (TPSA) is 46.2 Å². The van der Waals surface area contributed by atoms with Gasteiger partial charge in [-0.1, -0.05) is 13.8 Å². The van der Waals surface area contributed by atoms with E-state index in [-0.39, 0.29) is 5.54 Å². The second-order valence-electron chi connectivity index (χ2n) is 6.22.